The molecule has 8 heteroatoms. The monoisotopic (exact) mass is 299 g/mol. The van der Waals surface area contributed by atoms with Gasteiger partial charge in [0.1, 0.15) is 0 Å². The lowest BCUT2D eigenvalue weighted by Crippen LogP contribution is -2.37. The highest BCUT2D eigenvalue weighted by atomic mass is 32.2. The summed E-state index contributed by atoms with van der Waals surface area (Å²) in [5.41, 5.74) is 0.704. The fourth-order valence-corrected chi connectivity index (χ4v) is 3.90. The molecule has 1 aliphatic heterocycles. The number of rotatable bonds is 6. The molecule has 0 amide bonds. The molecule has 0 bridgehead atoms. The van der Waals surface area contributed by atoms with Crippen LogP contribution in [0.1, 0.15) is 24.8 Å². The minimum Gasteiger partial charge on any atom is -0.310 e. The smallest absolute Gasteiger partial charge is 0.258 e. The Hall–Kier alpha value is -0.960. The first-order valence-corrected chi connectivity index (χ1v) is 8.49. The third-order valence-corrected chi connectivity index (χ3v) is 5.35. The molecule has 7 nitrogen and oxygen atoms in total. The molecular formula is C12H21N5O2S. The van der Waals surface area contributed by atoms with Gasteiger partial charge in [-0.25, -0.2) is 13.1 Å². The van der Waals surface area contributed by atoms with Gasteiger partial charge in [0.2, 0.25) is 0 Å². The average Bonchev–Trinajstić information content (AvgIpc) is 2.93. The molecule has 2 aliphatic rings. The Morgan fingerprint density at radius 2 is 2.20 bits per heavy atom. The van der Waals surface area contributed by atoms with Gasteiger partial charge in [0, 0.05) is 30.7 Å². The molecule has 2 fully saturated rings. The summed E-state index contributed by atoms with van der Waals surface area (Å²) in [6.45, 7) is 2.22. The molecule has 3 N–H and O–H groups in total. The number of aromatic nitrogens is 2. The van der Waals surface area contributed by atoms with Gasteiger partial charge in [0.05, 0.1) is 6.20 Å². The van der Waals surface area contributed by atoms with E-state index in [-0.39, 0.29) is 11.1 Å². The summed E-state index contributed by atoms with van der Waals surface area (Å²) in [5.74, 6) is 0. The third-order valence-electron chi connectivity index (χ3n) is 3.82. The first kappa shape index (κ1) is 14.0. The van der Waals surface area contributed by atoms with Crippen molar-refractivity contribution >= 4 is 10.0 Å². The van der Waals surface area contributed by atoms with Gasteiger partial charge in [0.15, 0.2) is 5.03 Å². The predicted molar refractivity (Wildman–Crippen MR) is 74.7 cm³/mol. The normalized spacial score (nSPS) is 24.4. The highest BCUT2D eigenvalue weighted by molar-refractivity contribution is 7.89. The minimum absolute atomic E-state index is 0.0162. The zero-order chi connectivity index (χ0) is 14.2. The average molecular weight is 299 g/mol. The first-order chi connectivity index (χ1) is 9.54. The largest absolute Gasteiger partial charge is 0.310 e. The van der Waals surface area contributed by atoms with Crippen molar-refractivity contribution in [1.82, 2.24) is 25.1 Å². The third kappa shape index (κ3) is 3.20. The molecule has 1 atom stereocenters. The number of H-pyrrole nitrogens is 1. The van der Waals surface area contributed by atoms with E-state index >= 15 is 0 Å². The highest BCUT2D eigenvalue weighted by Gasteiger charge is 2.28. The minimum atomic E-state index is -3.52. The van der Waals surface area contributed by atoms with Gasteiger partial charge in [-0.15, -0.1) is 0 Å². The highest BCUT2D eigenvalue weighted by Crippen LogP contribution is 2.21. The zero-order valence-corrected chi connectivity index (χ0v) is 12.4. The van der Waals surface area contributed by atoms with Crippen LogP contribution in [0.4, 0.5) is 0 Å². The van der Waals surface area contributed by atoms with Crippen molar-refractivity contribution in [2.24, 2.45) is 0 Å². The van der Waals surface area contributed by atoms with Crippen LogP contribution in [0.2, 0.25) is 0 Å². The SMILES string of the molecule is CN1CCC(NS(=O)(=O)c2[nH]ncc2CNC2CC2)C1. The van der Waals surface area contributed by atoms with E-state index in [0.29, 0.717) is 18.2 Å². The van der Waals surface area contributed by atoms with Gasteiger partial charge in [0.25, 0.3) is 10.0 Å². The number of likely N-dealkylation sites (tertiary alicyclic amines) is 1. The van der Waals surface area contributed by atoms with Crippen LogP contribution in [0.25, 0.3) is 0 Å². The molecule has 112 valence electrons. The molecule has 0 aromatic carbocycles. The van der Waals surface area contributed by atoms with Crippen LogP contribution in [-0.2, 0) is 16.6 Å². The summed E-state index contributed by atoms with van der Waals surface area (Å²) < 4.78 is 27.6. The van der Waals surface area contributed by atoms with E-state index in [9.17, 15) is 8.42 Å². The molecule has 1 aliphatic carbocycles. The molecule has 1 saturated carbocycles. The maximum atomic E-state index is 12.4. The maximum Gasteiger partial charge on any atom is 0.258 e. The Balaban J connectivity index is 1.68. The van der Waals surface area contributed by atoms with Crippen molar-refractivity contribution in [3.05, 3.63) is 11.8 Å². The summed E-state index contributed by atoms with van der Waals surface area (Å²) in [4.78, 5) is 2.12. The molecule has 3 rings (SSSR count). The zero-order valence-electron chi connectivity index (χ0n) is 11.6. The Morgan fingerprint density at radius 3 is 2.85 bits per heavy atom. The molecule has 0 radical (unpaired) electrons. The Morgan fingerprint density at radius 1 is 1.40 bits per heavy atom. The lowest BCUT2D eigenvalue weighted by molar-refractivity contribution is 0.407. The second-order valence-electron chi connectivity index (χ2n) is 5.75. The van der Waals surface area contributed by atoms with E-state index in [1.165, 1.54) is 12.8 Å². The number of hydrogen-bond acceptors (Lipinski definition) is 5. The van der Waals surface area contributed by atoms with Crippen molar-refractivity contribution in [2.75, 3.05) is 20.1 Å². The molecule has 1 aromatic rings. The Bertz CT molecular complexity index is 566. The van der Waals surface area contributed by atoms with E-state index in [2.05, 4.69) is 25.1 Å². The predicted octanol–water partition coefficient (Wildman–Crippen LogP) is -0.356. The molecule has 1 aromatic heterocycles. The van der Waals surface area contributed by atoms with Crippen LogP contribution in [0.15, 0.2) is 11.2 Å². The number of likely N-dealkylation sites (N-methyl/N-ethyl adjacent to an activating group) is 1. The van der Waals surface area contributed by atoms with Crippen molar-refractivity contribution in [3.8, 4) is 0 Å². The van der Waals surface area contributed by atoms with Crippen LogP contribution in [0, 0.1) is 0 Å². The summed E-state index contributed by atoms with van der Waals surface area (Å²) in [6, 6.07) is 0.523. The molecular weight excluding hydrogens is 278 g/mol. The lowest BCUT2D eigenvalue weighted by Gasteiger charge is -2.13. The van der Waals surface area contributed by atoms with Crippen molar-refractivity contribution in [3.63, 3.8) is 0 Å². The topological polar surface area (TPSA) is 90.1 Å². The second kappa shape index (κ2) is 5.44. The standard InChI is InChI=1S/C12H21N5O2S/c1-17-5-4-11(8-17)16-20(18,19)12-9(7-14-15-12)6-13-10-2-3-10/h7,10-11,13,16H,2-6,8H2,1H3,(H,14,15). The maximum absolute atomic E-state index is 12.4. The molecule has 20 heavy (non-hydrogen) atoms. The summed E-state index contributed by atoms with van der Waals surface area (Å²) in [7, 11) is -1.52. The number of aromatic amines is 1. The number of nitrogens with one attached hydrogen (secondary N) is 3. The van der Waals surface area contributed by atoms with E-state index in [4.69, 9.17) is 0 Å². The van der Waals surface area contributed by atoms with E-state index in [1.807, 2.05) is 7.05 Å². The quantitative estimate of drug-likeness (QED) is 0.668. The molecule has 2 heterocycles. The molecule has 0 spiro atoms. The van der Waals surface area contributed by atoms with Crippen LogP contribution in [0.3, 0.4) is 0 Å². The van der Waals surface area contributed by atoms with E-state index in [1.54, 1.807) is 6.20 Å². The van der Waals surface area contributed by atoms with Crippen molar-refractivity contribution in [2.45, 2.75) is 42.9 Å². The number of nitrogens with zero attached hydrogens (tertiary/aromatic N) is 2. The number of sulfonamides is 1. The van der Waals surface area contributed by atoms with Crippen LogP contribution in [-0.4, -0.2) is 55.7 Å². The van der Waals surface area contributed by atoms with E-state index in [0.717, 1.165) is 19.5 Å². The molecule has 1 saturated heterocycles. The Labute approximate surface area is 119 Å². The number of hydrogen-bond donors (Lipinski definition) is 3. The summed E-state index contributed by atoms with van der Waals surface area (Å²) >= 11 is 0. The molecule has 1 unspecified atom stereocenters. The first-order valence-electron chi connectivity index (χ1n) is 7.01. The van der Waals surface area contributed by atoms with Gasteiger partial charge < -0.3 is 10.2 Å². The van der Waals surface area contributed by atoms with Crippen LogP contribution < -0.4 is 10.0 Å². The summed E-state index contributed by atoms with van der Waals surface area (Å²) in [6.07, 6.45) is 4.78. The van der Waals surface area contributed by atoms with Gasteiger partial charge in [-0.2, -0.15) is 5.10 Å². The van der Waals surface area contributed by atoms with Gasteiger partial charge in [-0.1, -0.05) is 0 Å². The Kier molecular flexibility index (Phi) is 3.80. The van der Waals surface area contributed by atoms with Crippen molar-refractivity contribution in [1.29, 1.82) is 0 Å². The lowest BCUT2D eigenvalue weighted by atomic mass is 10.3. The summed E-state index contributed by atoms with van der Waals surface area (Å²) in [5, 5.41) is 10.0. The second-order valence-corrected chi connectivity index (χ2v) is 7.40. The van der Waals surface area contributed by atoms with Crippen LogP contribution >= 0.6 is 0 Å². The van der Waals surface area contributed by atoms with E-state index < -0.39 is 10.0 Å². The van der Waals surface area contributed by atoms with Gasteiger partial charge in [-0.05, 0) is 32.9 Å². The van der Waals surface area contributed by atoms with Crippen LogP contribution in [0.5, 0.6) is 0 Å². The fraction of sp³-hybridized carbons (Fsp3) is 0.750. The van der Waals surface area contributed by atoms with Gasteiger partial charge in [-0.3, -0.25) is 5.10 Å². The van der Waals surface area contributed by atoms with Crippen molar-refractivity contribution < 1.29 is 8.42 Å². The fourth-order valence-electron chi connectivity index (χ4n) is 2.51. The van der Waals surface area contributed by atoms with Gasteiger partial charge >= 0.3 is 0 Å².